The minimum absolute atomic E-state index is 0.776. The summed E-state index contributed by atoms with van der Waals surface area (Å²) in [5.41, 5.74) is 3.48. The van der Waals surface area contributed by atoms with Crippen LogP contribution in [0, 0.1) is 6.92 Å². The van der Waals surface area contributed by atoms with E-state index in [9.17, 15) is 0 Å². The van der Waals surface area contributed by atoms with Gasteiger partial charge in [0.25, 0.3) is 0 Å². The van der Waals surface area contributed by atoms with Crippen LogP contribution in [0.4, 0.5) is 5.69 Å². The second kappa shape index (κ2) is 5.65. The number of anilines is 1. The summed E-state index contributed by atoms with van der Waals surface area (Å²) in [4.78, 5) is 4.53. The fraction of sp³-hybridized carbons (Fsp3) is 0.308. The van der Waals surface area contributed by atoms with Gasteiger partial charge in [0.05, 0.1) is 17.2 Å². The largest absolute Gasteiger partial charge is 0.378 e. The molecule has 0 saturated carbocycles. The highest BCUT2D eigenvalue weighted by molar-refractivity contribution is 9.10. The van der Waals surface area contributed by atoms with E-state index >= 15 is 0 Å². The molecule has 0 bridgehead atoms. The van der Waals surface area contributed by atoms with E-state index in [0.29, 0.717) is 0 Å². The normalized spacial score (nSPS) is 10.5. The quantitative estimate of drug-likeness (QED) is 0.906. The zero-order valence-electron chi connectivity index (χ0n) is 9.96. The van der Waals surface area contributed by atoms with Crippen molar-refractivity contribution < 1.29 is 0 Å². The summed E-state index contributed by atoms with van der Waals surface area (Å²) in [6.07, 6.45) is 1.01. The lowest BCUT2D eigenvalue weighted by atomic mass is 10.2. The lowest BCUT2D eigenvalue weighted by molar-refractivity contribution is 1.01. The molecule has 0 amide bonds. The van der Waals surface area contributed by atoms with Crippen LogP contribution in [0.3, 0.4) is 0 Å². The summed E-state index contributed by atoms with van der Waals surface area (Å²) in [7, 11) is 0. The van der Waals surface area contributed by atoms with E-state index in [1.54, 1.807) is 11.3 Å². The highest BCUT2D eigenvalue weighted by atomic mass is 79.9. The Morgan fingerprint density at radius 1 is 1.41 bits per heavy atom. The molecule has 4 heteroatoms. The Labute approximate surface area is 114 Å². The van der Waals surface area contributed by atoms with Crippen LogP contribution in [-0.2, 0) is 13.0 Å². The number of nitrogens with one attached hydrogen (secondary N) is 1. The predicted octanol–water partition coefficient (Wildman–Crippen LogP) is 4.39. The van der Waals surface area contributed by atoms with E-state index in [4.69, 9.17) is 0 Å². The third-order valence-electron chi connectivity index (χ3n) is 2.49. The Bertz CT molecular complexity index is 508. The van der Waals surface area contributed by atoms with Gasteiger partial charge in [0.15, 0.2) is 0 Å². The molecule has 1 aromatic carbocycles. The van der Waals surface area contributed by atoms with Gasteiger partial charge in [0.2, 0.25) is 0 Å². The molecule has 0 spiro atoms. The van der Waals surface area contributed by atoms with E-state index in [-0.39, 0.29) is 0 Å². The Morgan fingerprint density at radius 3 is 2.88 bits per heavy atom. The van der Waals surface area contributed by atoms with Gasteiger partial charge in [-0.15, -0.1) is 11.3 Å². The van der Waals surface area contributed by atoms with Crippen LogP contribution in [-0.4, -0.2) is 4.98 Å². The van der Waals surface area contributed by atoms with Crippen molar-refractivity contribution in [3.63, 3.8) is 0 Å². The molecular weight excluding hydrogens is 296 g/mol. The molecule has 2 nitrogen and oxygen atoms in total. The molecule has 2 aromatic rings. The van der Waals surface area contributed by atoms with E-state index < -0.39 is 0 Å². The molecule has 0 aliphatic heterocycles. The SMILES string of the molecule is CCc1nc(CNc2ccc(C)cc2Br)cs1. The van der Waals surface area contributed by atoms with Crippen molar-refractivity contribution >= 4 is 33.0 Å². The molecule has 90 valence electrons. The van der Waals surface area contributed by atoms with Crippen molar-refractivity contribution in [3.8, 4) is 0 Å². The summed E-state index contributed by atoms with van der Waals surface area (Å²) < 4.78 is 1.10. The standard InChI is InChI=1S/C13H15BrN2S/c1-3-13-16-10(8-17-13)7-15-12-5-4-9(2)6-11(12)14/h4-6,8,15H,3,7H2,1-2H3. The first kappa shape index (κ1) is 12.6. The second-order valence-corrected chi connectivity index (χ2v) is 5.72. The maximum atomic E-state index is 4.53. The van der Waals surface area contributed by atoms with Crippen molar-refractivity contribution in [3.05, 3.63) is 44.3 Å². The van der Waals surface area contributed by atoms with E-state index in [1.807, 2.05) is 0 Å². The number of hydrogen-bond acceptors (Lipinski definition) is 3. The van der Waals surface area contributed by atoms with Gasteiger partial charge in [0.1, 0.15) is 0 Å². The first-order chi connectivity index (χ1) is 8.19. The van der Waals surface area contributed by atoms with Gasteiger partial charge in [-0.25, -0.2) is 4.98 Å². The van der Waals surface area contributed by atoms with E-state index in [0.717, 1.165) is 28.8 Å². The van der Waals surface area contributed by atoms with Crippen LogP contribution in [0.15, 0.2) is 28.1 Å². The van der Waals surface area contributed by atoms with Crippen LogP contribution < -0.4 is 5.32 Å². The predicted molar refractivity (Wildman–Crippen MR) is 77.7 cm³/mol. The maximum absolute atomic E-state index is 4.53. The van der Waals surface area contributed by atoms with Crippen LogP contribution >= 0.6 is 27.3 Å². The number of hydrogen-bond donors (Lipinski definition) is 1. The highest BCUT2D eigenvalue weighted by Gasteiger charge is 2.02. The Hall–Kier alpha value is -0.870. The summed E-state index contributed by atoms with van der Waals surface area (Å²) in [5, 5.41) is 6.71. The fourth-order valence-corrected chi connectivity index (χ4v) is 2.92. The third kappa shape index (κ3) is 3.30. The van der Waals surface area contributed by atoms with Gasteiger partial charge < -0.3 is 5.32 Å². The average Bonchev–Trinajstić information content (AvgIpc) is 2.76. The summed E-state index contributed by atoms with van der Waals surface area (Å²) in [6, 6.07) is 6.30. The van der Waals surface area contributed by atoms with Crippen molar-refractivity contribution in [1.29, 1.82) is 0 Å². The molecule has 17 heavy (non-hydrogen) atoms. The van der Waals surface area contributed by atoms with Crippen molar-refractivity contribution in [2.45, 2.75) is 26.8 Å². The molecule has 1 aromatic heterocycles. The first-order valence-corrected chi connectivity index (χ1v) is 7.29. The van der Waals surface area contributed by atoms with Gasteiger partial charge >= 0.3 is 0 Å². The van der Waals surface area contributed by atoms with E-state index in [1.165, 1.54) is 10.6 Å². The molecular formula is C13H15BrN2S. The summed E-state index contributed by atoms with van der Waals surface area (Å²) in [5.74, 6) is 0. The molecule has 0 atom stereocenters. The summed E-state index contributed by atoms with van der Waals surface area (Å²) >= 11 is 5.29. The molecule has 0 aliphatic carbocycles. The van der Waals surface area contributed by atoms with Crippen LogP contribution in [0.1, 0.15) is 23.2 Å². The van der Waals surface area contributed by atoms with Crippen molar-refractivity contribution in [1.82, 2.24) is 4.98 Å². The van der Waals surface area contributed by atoms with Crippen LogP contribution in [0.25, 0.3) is 0 Å². The minimum atomic E-state index is 0.776. The molecule has 0 unspecified atom stereocenters. The Kier molecular flexibility index (Phi) is 4.18. The molecule has 0 aliphatic rings. The number of thiazole rings is 1. The number of nitrogens with zero attached hydrogens (tertiary/aromatic N) is 1. The zero-order valence-corrected chi connectivity index (χ0v) is 12.4. The number of aryl methyl sites for hydroxylation is 2. The van der Waals surface area contributed by atoms with Crippen molar-refractivity contribution in [2.75, 3.05) is 5.32 Å². The number of halogens is 1. The highest BCUT2D eigenvalue weighted by Crippen LogP contribution is 2.24. The molecule has 1 heterocycles. The lowest BCUT2D eigenvalue weighted by Gasteiger charge is -2.07. The van der Waals surface area contributed by atoms with Gasteiger partial charge in [-0.1, -0.05) is 13.0 Å². The molecule has 0 radical (unpaired) electrons. The van der Waals surface area contributed by atoms with E-state index in [2.05, 4.69) is 63.7 Å². The van der Waals surface area contributed by atoms with Gasteiger partial charge in [-0.05, 0) is 47.0 Å². The molecule has 2 rings (SSSR count). The average molecular weight is 311 g/mol. The Balaban J connectivity index is 2.02. The molecule has 0 saturated heterocycles. The number of aromatic nitrogens is 1. The fourth-order valence-electron chi connectivity index (χ4n) is 1.54. The third-order valence-corrected chi connectivity index (χ3v) is 4.18. The monoisotopic (exact) mass is 310 g/mol. The van der Waals surface area contributed by atoms with Gasteiger partial charge in [-0.3, -0.25) is 0 Å². The smallest absolute Gasteiger partial charge is 0.0926 e. The van der Waals surface area contributed by atoms with Crippen LogP contribution in [0.2, 0.25) is 0 Å². The summed E-state index contributed by atoms with van der Waals surface area (Å²) in [6.45, 7) is 4.99. The zero-order chi connectivity index (χ0) is 12.3. The second-order valence-electron chi connectivity index (χ2n) is 3.92. The minimum Gasteiger partial charge on any atom is -0.378 e. The molecule has 1 N–H and O–H groups in total. The molecule has 0 fully saturated rings. The first-order valence-electron chi connectivity index (χ1n) is 5.62. The Morgan fingerprint density at radius 2 is 2.24 bits per heavy atom. The lowest BCUT2D eigenvalue weighted by Crippen LogP contribution is -2.00. The van der Waals surface area contributed by atoms with Crippen molar-refractivity contribution in [2.24, 2.45) is 0 Å². The maximum Gasteiger partial charge on any atom is 0.0926 e. The number of rotatable bonds is 4. The van der Waals surface area contributed by atoms with Crippen LogP contribution in [0.5, 0.6) is 0 Å². The van der Waals surface area contributed by atoms with Gasteiger partial charge in [0, 0.05) is 15.5 Å². The van der Waals surface area contributed by atoms with Gasteiger partial charge in [-0.2, -0.15) is 0 Å². The number of benzene rings is 1. The topological polar surface area (TPSA) is 24.9 Å².